The Morgan fingerprint density at radius 2 is 1.35 bits per heavy atom. The quantitative estimate of drug-likeness (QED) is 0.784. The standard InChI is InChI=1S/C16H16O4/c1-18-14-8-13(9-15(19-2)16(14)20-3)12-6-4-11(10-17)5-7-12/h4-10H,1-3H3. The third-order valence-electron chi connectivity index (χ3n) is 3.04. The summed E-state index contributed by atoms with van der Waals surface area (Å²) in [4.78, 5) is 10.7. The summed E-state index contributed by atoms with van der Waals surface area (Å²) in [5, 5.41) is 0. The van der Waals surface area contributed by atoms with Crippen LogP contribution in [0.25, 0.3) is 11.1 Å². The molecule has 0 unspecified atom stereocenters. The predicted octanol–water partition coefficient (Wildman–Crippen LogP) is 3.19. The molecule has 20 heavy (non-hydrogen) atoms. The van der Waals surface area contributed by atoms with Gasteiger partial charge >= 0.3 is 0 Å². The van der Waals surface area contributed by atoms with Gasteiger partial charge in [0.05, 0.1) is 21.3 Å². The van der Waals surface area contributed by atoms with Crippen LogP contribution < -0.4 is 14.2 Å². The first kappa shape index (κ1) is 13.9. The van der Waals surface area contributed by atoms with Crippen LogP contribution in [0.5, 0.6) is 17.2 Å². The van der Waals surface area contributed by atoms with E-state index in [0.717, 1.165) is 17.4 Å². The topological polar surface area (TPSA) is 44.8 Å². The second-order valence-corrected chi connectivity index (χ2v) is 4.15. The summed E-state index contributed by atoms with van der Waals surface area (Å²) in [5.41, 5.74) is 2.54. The Balaban J connectivity index is 2.52. The lowest BCUT2D eigenvalue weighted by Crippen LogP contribution is -1.95. The van der Waals surface area contributed by atoms with Crippen molar-refractivity contribution < 1.29 is 19.0 Å². The highest BCUT2D eigenvalue weighted by atomic mass is 16.5. The normalized spacial score (nSPS) is 9.95. The van der Waals surface area contributed by atoms with E-state index in [-0.39, 0.29) is 0 Å². The van der Waals surface area contributed by atoms with Gasteiger partial charge in [0.2, 0.25) is 5.75 Å². The Bertz CT molecular complexity index is 577. The Kier molecular flexibility index (Phi) is 4.25. The van der Waals surface area contributed by atoms with Crippen LogP contribution in [0.15, 0.2) is 36.4 Å². The molecule has 4 heteroatoms. The summed E-state index contributed by atoms with van der Waals surface area (Å²) >= 11 is 0. The van der Waals surface area contributed by atoms with Gasteiger partial charge in [-0.15, -0.1) is 0 Å². The van der Waals surface area contributed by atoms with Crippen molar-refractivity contribution in [3.63, 3.8) is 0 Å². The van der Waals surface area contributed by atoms with Crippen molar-refractivity contribution >= 4 is 6.29 Å². The smallest absolute Gasteiger partial charge is 0.203 e. The second-order valence-electron chi connectivity index (χ2n) is 4.15. The number of hydrogen-bond donors (Lipinski definition) is 0. The highest BCUT2D eigenvalue weighted by Gasteiger charge is 2.13. The van der Waals surface area contributed by atoms with Crippen molar-refractivity contribution in [3.05, 3.63) is 42.0 Å². The van der Waals surface area contributed by atoms with E-state index in [4.69, 9.17) is 14.2 Å². The first-order valence-corrected chi connectivity index (χ1v) is 6.09. The SMILES string of the molecule is COc1cc(-c2ccc(C=O)cc2)cc(OC)c1OC. The lowest BCUT2D eigenvalue weighted by Gasteiger charge is -2.14. The lowest BCUT2D eigenvalue weighted by molar-refractivity contribution is 0.112. The molecule has 0 aliphatic carbocycles. The number of carbonyl (C=O) groups is 1. The first-order chi connectivity index (χ1) is 9.73. The minimum atomic E-state index is 0.559. The number of benzene rings is 2. The number of methoxy groups -OCH3 is 3. The molecule has 2 rings (SSSR count). The number of carbonyl (C=O) groups excluding carboxylic acids is 1. The van der Waals surface area contributed by atoms with Gasteiger partial charge in [-0.1, -0.05) is 24.3 Å². The largest absolute Gasteiger partial charge is 0.493 e. The monoisotopic (exact) mass is 272 g/mol. The lowest BCUT2D eigenvalue weighted by atomic mass is 10.0. The summed E-state index contributed by atoms with van der Waals surface area (Å²) in [6, 6.07) is 11.0. The minimum absolute atomic E-state index is 0.559. The van der Waals surface area contributed by atoms with E-state index in [1.807, 2.05) is 24.3 Å². The summed E-state index contributed by atoms with van der Waals surface area (Å²) in [7, 11) is 4.73. The van der Waals surface area contributed by atoms with Gasteiger partial charge in [0, 0.05) is 5.56 Å². The van der Waals surface area contributed by atoms with E-state index in [9.17, 15) is 4.79 Å². The second kappa shape index (κ2) is 6.10. The first-order valence-electron chi connectivity index (χ1n) is 6.09. The van der Waals surface area contributed by atoms with Gasteiger partial charge in [0.15, 0.2) is 11.5 Å². The Morgan fingerprint density at radius 3 is 1.75 bits per heavy atom. The van der Waals surface area contributed by atoms with Crippen molar-refractivity contribution in [2.75, 3.05) is 21.3 Å². The van der Waals surface area contributed by atoms with Gasteiger partial charge in [-0.25, -0.2) is 0 Å². The molecule has 104 valence electrons. The fraction of sp³-hybridized carbons (Fsp3) is 0.188. The molecule has 0 fully saturated rings. The predicted molar refractivity (Wildman–Crippen MR) is 76.9 cm³/mol. The maximum absolute atomic E-state index is 10.7. The zero-order valence-electron chi connectivity index (χ0n) is 11.7. The van der Waals surface area contributed by atoms with Crippen molar-refractivity contribution in [3.8, 4) is 28.4 Å². The summed E-state index contributed by atoms with van der Waals surface area (Å²) in [6.07, 6.45) is 0.818. The maximum atomic E-state index is 10.7. The molecule has 0 saturated carbocycles. The van der Waals surface area contributed by atoms with Crippen molar-refractivity contribution in [2.45, 2.75) is 0 Å². The third kappa shape index (κ3) is 2.59. The maximum Gasteiger partial charge on any atom is 0.203 e. The van der Waals surface area contributed by atoms with Crippen LogP contribution in [0.4, 0.5) is 0 Å². The molecular formula is C16H16O4. The van der Waals surface area contributed by atoms with Crippen LogP contribution >= 0.6 is 0 Å². The fourth-order valence-electron chi connectivity index (χ4n) is 2.00. The molecule has 0 saturated heterocycles. The van der Waals surface area contributed by atoms with E-state index in [1.54, 1.807) is 33.5 Å². The van der Waals surface area contributed by atoms with Crippen LogP contribution in [0.2, 0.25) is 0 Å². The van der Waals surface area contributed by atoms with E-state index in [0.29, 0.717) is 22.8 Å². The average molecular weight is 272 g/mol. The van der Waals surface area contributed by atoms with Crippen molar-refractivity contribution in [1.29, 1.82) is 0 Å². The minimum Gasteiger partial charge on any atom is -0.493 e. The van der Waals surface area contributed by atoms with E-state index < -0.39 is 0 Å². The third-order valence-corrected chi connectivity index (χ3v) is 3.04. The molecule has 0 atom stereocenters. The highest BCUT2D eigenvalue weighted by molar-refractivity contribution is 5.78. The van der Waals surface area contributed by atoms with Crippen LogP contribution in [-0.4, -0.2) is 27.6 Å². The number of hydrogen-bond acceptors (Lipinski definition) is 4. The Hall–Kier alpha value is -2.49. The van der Waals surface area contributed by atoms with Gasteiger partial charge in [-0.05, 0) is 23.3 Å². The fourth-order valence-corrected chi connectivity index (χ4v) is 2.00. The number of rotatable bonds is 5. The summed E-state index contributed by atoms with van der Waals surface area (Å²) in [6.45, 7) is 0. The zero-order chi connectivity index (χ0) is 14.5. The number of aldehydes is 1. The molecular weight excluding hydrogens is 256 g/mol. The molecule has 0 radical (unpaired) electrons. The molecule has 0 N–H and O–H groups in total. The van der Waals surface area contributed by atoms with Gasteiger partial charge in [0.1, 0.15) is 6.29 Å². The van der Waals surface area contributed by atoms with Gasteiger partial charge in [0.25, 0.3) is 0 Å². The highest BCUT2D eigenvalue weighted by Crippen LogP contribution is 2.41. The van der Waals surface area contributed by atoms with Gasteiger partial charge in [-0.2, -0.15) is 0 Å². The van der Waals surface area contributed by atoms with E-state index >= 15 is 0 Å². The molecule has 2 aromatic rings. The molecule has 0 amide bonds. The van der Waals surface area contributed by atoms with Crippen LogP contribution in [-0.2, 0) is 0 Å². The Labute approximate surface area is 117 Å². The molecule has 0 aliphatic heterocycles. The van der Waals surface area contributed by atoms with Gasteiger partial charge < -0.3 is 14.2 Å². The van der Waals surface area contributed by atoms with Crippen LogP contribution in [0.3, 0.4) is 0 Å². The molecule has 0 bridgehead atoms. The van der Waals surface area contributed by atoms with E-state index in [1.165, 1.54) is 0 Å². The van der Waals surface area contributed by atoms with Gasteiger partial charge in [-0.3, -0.25) is 4.79 Å². The van der Waals surface area contributed by atoms with Crippen LogP contribution in [0.1, 0.15) is 10.4 Å². The molecule has 4 nitrogen and oxygen atoms in total. The van der Waals surface area contributed by atoms with Crippen molar-refractivity contribution in [2.24, 2.45) is 0 Å². The molecule has 0 aromatic heterocycles. The Morgan fingerprint density at radius 1 is 0.800 bits per heavy atom. The summed E-state index contributed by atoms with van der Waals surface area (Å²) in [5.74, 6) is 1.76. The molecule has 0 heterocycles. The summed E-state index contributed by atoms with van der Waals surface area (Å²) < 4.78 is 15.9. The zero-order valence-corrected chi connectivity index (χ0v) is 11.7. The number of ether oxygens (including phenoxy) is 3. The average Bonchev–Trinajstić information content (AvgIpc) is 2.53. The molecule has 2 aromatic carbocycles. The van der Waals surface area contributed by atoms with Crippen molar-refractivity contribution in [1.82, 2.24) is 0 Å². The molecule has 0 aliphatic rings. The van der Waals surface area contributed by atoms with E-state index in [2.05, 4.69) is 0 Å². The molecule has 0 spiro atoms. The van der Waals surface area contributed by atoms with Crippen LogP contribution in [0, 0.1) is 0 Å².